The predicted octanol–water partition coefficient (Wildman–Crippen LogP) is 4.21. The van der Waals surface area contributed by atoms with E-state index in [2.05, 4.69) is 15.4 Å². The fourth-order valence-corrected chi connectivity index (χ4v) is 4.35. The van der Waals surface area contributed by atoms with Gasteiger partial charge in [0.25, 0.3) is 17.4 Å². The maximum Gasteiger partial charge on any atom is 0.294 e. The number of amides is 1. The van der Waals surface area contributed by atoms with Gasteiger partial charge >= 0.3 is 0 Å². The third kappa shape index (κ3) is 4.79. The number of nitrogens with one attached hydrogen (secondary N) is 2. The van der Waals surface area contributed by atoms with Gasteiger partial charge in [-0.2, -0.15) is 0 Å². The first-order chi connectivity index (χ1) is 17.5. The highest BCUT2D eigenvalue weighted by molar-refractivity contribution is 6.32. The summed E-state index contributed by atoms with van der Waals surface area (Å²) in [5.74, 6) is -4.80. The molecule has 0 saturated heterocycles. The maximum absolute atomic E-state index is 14.6. The lowest BCUT2D eigenvalue weighted by molar-refractivity contribution is -0.0785. The molecule has 0 radical (unpaired) electrons. The topological polar surface area (TPSA) is 109 Å². The molecule has 2 aromatic heterocycles. The van der Waals surface area contributed by atoms with Gasteiger partial charge in [-0.25, -0.2) is 17.7 Å². The van der Waals surface area contributed by atoms with Gasteiger partial charge in [0.15, 0.2) is 5.82 Å². The zero-order valence-corrected chi connectivity index (χ0v) is 20.7. The number of rotatable bonds is 7. The van der Waals surface area contributed by atoms with Gasteiger partial charge in [-0.15, -0.1) is 5.10 Å². The number of fused-ring (bicyclic) bond motifs is 1. The van der Waals surface area contributed by atoms with Crippen molar-refractivity contribution in [2.75, 3.05) is 13.7 Å². The van der Waals surface area contributed by atoms with Crippen LogP contribution >= 0.6 is 11.6 Å². The molecule has 0 fully saturated rings. The fraction of sp³-hybridized carbons (Fsp3) is 0.240. The van der Waals surface area contributed by atoms with Crippen molar-refractivity contribution in [3.05, 3.63) is 86.0 Å². The molecule has 0 aliphatic carbocycles. The molecule has 4 rings (SSSR count). The van der Waals surface area contributed by atoms with Crippen molar-refractivity contribution in [2.24, 2.45) is 0 Å². The molecule has 0 spiro atoms. The van der Waals surface area contributed by atoms with Crippen molar-refractivity contribution in [3.63, 3.8) is 0 Å². The predicted molar refractivity (Wildman–Crippen MR) is 131 cm³/mol. The summed E-state index contributed by atoms with van der Waals surface area (Å²) in [6.45, 7) is 1.46. The van der Waals surface area contributed by atoms with Crippen molar-refractivity contribution in [1.82, 2.24) is 19.9 Å². The molecule has 8 nitrogen and oxygen atoms in total. The first-order valence-electron chi connectivity index (χ1n) is 11.0. The van der Waals surface area contributed by atoms with E-state index in [1.54, 1.807) is 18.2 Å². The van der Waals surface area contributed by atoms with E-state index in [1.165, 1.54) is 25.5 Å². The number of halogens is 4. The molecule has 0 unspecified atom stereocenters. The summed E-state index contributed by atoms with van der Waals surface area (Å²) in [5.41, 5.74) is 0.273. The summed E-state index contributed by atoms with van der Waals surface area (Å²) in [7, 11) is 1.44. The second kappa shape index (κ2) is 9.91. The van der Waals surface area contributed by atoms with E-state index in [9.17, 15) is 27.9 Å². The molecule has 1 amide bonds. The SMILES string of the molecule is COc1cc(-c2nn3c(C)c(C(=O)N[C@@H](c4ccc(F)cc4)C(F)(F)CO)c(C)c3c(=O)[nH]2)ccc1Cl. The van der Waals surface area contributed by atoms with Gasteiger partial charge in [-0.3, -0.25) is 9.59 Å². The summed E-state index contributed by atoms with van der Waals surface area (Å²) < 4.78 is 49.1. The standard InChI is InChI=1S/C25H22ClF3N4O4/c1-12-19(23(35)30-21(25(28,29)11-34)14-4-7-16(27)8-5-14)13(2)33-20(12)24(36)31-22(32-33)15-6-9-17(26)18(10-15)37-3/h4-10,21,34H,11H2,1-3H3,(H,30,35)(H,31,32,36)/t21-/m0/s1. The number of aromatic amines is 1. The largest absolute Gasteiger partial charge is 0.495 e. The number of H-pyrrole nitrogens is 1. The minimum absolute atomic E-state index is 0.0373. The van der Waals surface area contributed by atoms with Crippen LogP contribution in [0.5, 0.6) is 5.75 Å². The van der Waals surface area contributed by atoms with Gasteiger partial charge in [-0.05, 0) is 55.3 Å². The number of aromatic nitrogens is 3. The van der Waals surface area contributed by atoms with Crippen LogP contribution in [-0.2, 0) is 0 Å². The van der Waals surface area contributed by atoms with E-state index in [-0.39, 0.29) is 33.7 Å². The Kier molecular flexibility index (Phi) is 7.03. The van der Waals surface area contributed by atoms with E-state index < -0.39 is 35.9 Å². The Morgan fingerprint density at radius 1 is 1.24 bits per heavy atom. The molecule has 12 heteroatoms. The number of carbonyl (C=O) groups excluding carboxylic acids is 1. The van der Waals surface area contributed by atoms with Crippen molar-refractivity contribution < 1.29 is 27.8 Å². The summed E-state index contributed by atoms with van der Waals surface area (Å²) in [6.07, 6.45) is 0. The number of carbonyl (C=O) groups is 1. The lowest BCUT2D eigenvalue weighted by Crippen LogP contribution is -2.43. The number of aryl methyl sites for hydroxylation is 2. The number of alkyl halides is 2. The molecular weight excluding hydrogens is 513 g/mol. The lowest BCUT2D eigenvalue weighted by atomic mass is 9.99. The first-order valence-corrected chi connectivity index (χ1v) is 11.4. The van der Waals surface area contributed by atoms with Crippen LogP contribution in [0.2, 0.25) is 5.02 Å². The van der Waals surface area contributed by atoms with Gasteiger partial charge in [0.2, 0.25) is 0 Å². The summed E-state index contributed by atoms with van der Waals surface area (Å²) >= 11 is 6.08. The van der Waals surface area contributed by atoms with Crippen LogP contribution in [0, 0.1) is 19.7 Å². The molecule has 194 valence electrons. The van der Waals surface area contributed by atoms with Crippen LogP contribution in [0.15, 0.2) is 47.3 Å². The molecule has 0 bridgehead atoms. The van der Waals surface area contributed by atoms with Crippen LogP contribution in [0.25, 0.3) is 16.9 Å². The lowest BCUT2D eigenvalue weighted by Gasteiger charge is -2.27. The number of nitrogens with zero attached hydrogens (tertiary/aromatic N) is 2. The van der Waals surface area contributed by atoms with Gasteiger partial charge in [0, 0.05) is 5.56 Å². The summed E-state index contributed by atoms with van der Waals surface area (Å²) in [4.78, 5) is 28.9. The normalized spacial score (nSPS) is 12.5. The molecule has 3 N–H and O–H groups in total. The number of hydrogen-bond donors (Lipinski definition) is 3. The summed E-state index contributed by atoms with van der Waals surface area (Å²) in [6, 6.07) is 6.95. The van der Waals surface area contributed by atoms with Crippen molar-refractivity contribution in [3.8, 4) is 17.1 Å². The van der Waals surface area contributed by atoms with Crippen molar-refractivity contribution in [1.29, 1.82) is 0 Å². The fourth-order valence-electron chi connectivity index (χ4n) is 4.16. The van der Waals surface area contributed by atoms with Gasteiger partial charge in [-0.1, -0.05) is 23.7 Å². The zero-order chi connectivity index (χ0) is 27.1. The molecule has 37 heavy (non-hydrogen) atoms. The number of hydrogen-bond acceptors (Lipinski definition) is 5. The minimum atomic E-state index is -3.76. The number of ether oxygens (including phenoxy) is 1. The molecule has 1 atom stereocenters. The number of aliphatic hydroxyl groups is 1. The Bertz CT molecular complexity index is 1550. The molecule has 2 aromatic carbocycles. The second-order valence-electron chi connectivity index (χ2n) is 8.38. The Morgan fingerprint density at radius 3 is 2.54 bits per heavy atom. The monoisotopic (exact) mass is 534 g/mol. The summed E-state index contributed by atoms with van der Waals surface area (Å²) in [5, 5.41) is 16.3. The second-order valence-corrected chi connectivity index (χ2v) is 8.78. The number of aliphatic hydroxyl groups excluding tert-OH is 1. The van der Waals surface area contributed by atoms with Crippen LogP contribution in [0.4, 0.5) is 13.2 Å². The highest BCUT2D eigenvalue weighted by Crippen LogP contribution is 2.33. The van der Waals surface area contributed by atoms with E-state index in [0.717, 1.165) is 24.3 Å². The Morgan fingerprint density at radius 2 is 1.92 bits per heavy atom. The smallest absolute Gasteiger partial charge is 0.294 e. The Labute approximate surface area is 213 Å². The number of methoxy groups -OCH3 is 1. The zero-order valence-electron chi connectivity index (χ0n) is 19.9. The van der Waals surface area contributed by atoms with E-state index in [1.807, 2.05) is 0 Å². The highest BCUT2D eigenvalue weighted by Gasteiger charge is 2.42. The molecule has 0 aliphatic rings. The third-order valence-corrected chi connectivity index (χ3v) is 6.34. The average Bonchev–Trinajstić information content (AvgIpc) is 3.13. The molecule has 0 aliphatic heterocycles. The van der Waals surface area contributed by atoms with E-state index in [4.69, 9.17) is 16.3 Å². The van der Waals surface area contributed by atoms with Crippen molar-refractivity contribution in [2.45, 2.75) is 25.8 Å². The van der Waals surface area contributed by atoms with Crippen LogP contribution in [0.3, 0.4) is 0 Å². The van der Waals surface area contributed by atoms with Gasteiger partial charge in [0.05, 0.1) is 23.4 Å². The Balaban J connectivity index is 1.79. The van der Waals surface area contributed by atoms with E-state index in [0.29, 0.717) is 16.3 Å². The molecular formula is C25H22ClF3N4O4. The first kappa shape index (κ1) is 26.2. The molecule has 4 aromatic rings. The van der Waals surface area contributed by atoms with Gasteiger partial charge < -0.3 is 20.1 Å². The van der Waals surface area contributed by atoms with E-state index >= 15 is 0 Å². The molecule has 2 heterocycles. The Hall–Kier alpha value is -3.83. The average molecular weight is 535 g/mol. The van der Waals surface area contributed by atoms with Crippen molar-refractivity contribution >= 4 is 23.0 Å². The highest BCUT2D eigenvalue weighted by atomic mass is 35.5. The molecule has 0 saturated carbocycles. The van der Waals surface area contributed by atoms with Crippen LogP contribution < -0.4 is 15.6 Å². The van der Waals surface area contributed by atoms with Gasteiger partial charge in [0.1, 0.15) is 29.7 Å². The van der Waals surface area contributed by atoms with Crippen LogP contribution in [0.1, 0.15) is 33.2 Å². The third-order valence-electron chi connectivity index (χ3n) is 6.03. The van der Waals surface area contributed by atoms with Crippen LogP contribution in [-0.4, -0.2) is 45.3 Å². The maximum atomic E-state index is 14.6. The quantitative estimate of drug-likeness (QED) is 0.329. The number of benzene rings is 2. The minimum Gasteiger partial charge on any atom is -0.495 e.